The van der Waals surface area contributed by atoms with E-state index >= 15 is 0 Å². The average molecular weight is 374 g/mol. The zero-order valence-electron chi connectivity index (χ0n) is 12.1. The SMILES string of the molecule is Oc1c(Cl)ccc(Br)c1[C@H](C1CCCC1)N1CCNCC1. The maximum atomic E-state index is 10.5. The number of aromatic hydroxyl groups is 1. The second-order valence-electron chi connectivity index (χ2n) is 6.07. The summed E-state index contributed by atoms with van der Waals surface area (Å²) in [6.45, 7) is 4.09. The highest BCUT2D eigenvalue weighted by Crippen LogP contribution is 2.47. The Hall–Kier alpha value is -0.290. The zero-order chi connectivity index (χ0) is 14.8. The Morgan fingerprint density at radius 2 is 1.90 bits per heavy atom. The van der Waals surface area contributed by atoms with Crippen LogP contribution in [-0.2, 0) is 0 Å². The highest BCUT2D eigenvalue weighted by Gasteiger charge is 2.35. The normalized spacial score (nSPS) is 22.6. The number of nitrogens with zero attached hydrogens (tertiary/aromatic N) is 1. The number of benzene rings is 1. The minimum Gasteiger partial charge on any atom is -0.506 e. The maximum Gasteiger partial charge on any atom is 0.140 e. The van der Waals surface area contributed by atoms with Crippen LogP contribution in [-0.4, -0.2) is 36.2 Å². The second kappa shape index (κ2) is 6.86. The van der Waals surface area contributed by atoms with Gasteiger partial charge in [-0.05, 0) is 30.9 Å². The molecule has 0 radical (unpaired) electrons. The molecule has 2 N–H and O–H groups in total. The lowest BCUT2D eigenvalue weighted by molar-refractivity contribution is 0.123. The topological polar surface area (TPSA) is 35.5 Å². The molecule has 5 heteroatoms. The summed E-state index contributed by atoms with van der Waals surface area (Å²) in [7, 11) is 0. The molecule has 2 fully saturated rings. The van der Waals surface area contributed by atoms with Gasteiger partial charge in [0.15, 0.2) is 0 Å². The molecule has 0 unspecified atom stereocenters. The van der Waals surface area contributed by atoms with Crippen molar-refractivity contribution in [2.24, 2.45) is 5.92 Å². The lowest BCUT2D eigenvalue weighted by Crippen LogP contribution is -2.46. The lowest BCUT2D eigenvalue weighted by atomic mass is 9.89. The molecule has 0 spiro atoms. The molecule has 2 aliphatic rings. The molecule has 116 valence electrons. The van der Waals surface area contributed by atoms with E-state index in [0.717, 1.165) is 36.2 Å². The third-order valence-corrected chi connectivity index (χ3v) is 5.80. The number of hydrogen-bond donors (Lipinski definition) is 2. The Labute approximate surface area is 139 Å². The van der Waals surface area contributed by atoms with Crippen molar-refractivity contribution < 1.29 is 5.11 Å². The smallest absolute Gasteiger partial charge is 0.140 e. The van der Waals surface area contributed by atoms with Crippen molar-refractivity contribution in [3.63, 3.8) is 0 Å². The number of halogens is 2. The summed E-state index contributed by atoms with van der Waals surface area (Å²) in [6, 6.07) is 3.98. The molecule has 0 amide bonds. The summed E-state index contributed by atoms with van der Waals surface area (Å²) in [4.78, 5) is 2.52. The average Bonchev–Trinajstić information content (AvgIpc) is 3.02. The Morgan fingerprint density at radius 3 is 2.57 bits per heavy atom. The second-order valence-corrected chi connectivity index (χ2v) is 7.33. The van der Waals surface area contributed by atoms with Crippen molar-refractivity contribution in [3.05, 3.63) is 27.2 Å². The van der Waals surface area contributed by atoms with Crippen molar-refractivity contribution in [1.29, 1.82) is 0 Å². The fourth-order valence-electron chi connectivity index (χ4n) is 3.79. The van der Waals surface area contributed by atoms with E-state index in [4.69, 9.17) is 11.6 Å². The van der Waals surface area contributed by atoms with E-state index < -0.39 is 0 Å². The van der Waals surface area contributed by atoms with E-state index in [1.165, 1.54) is 25.7 Å². The molecular formula is C16H22BrClN2O. The van der Waals surface area contributed by atoms with E-state index in [-0.39, 0.29) is 11.8 Å². The Bertz CT molecular complexity index is 499. The molecule has 1 aliphatic heterocycles. The summed E-state index contributed by atoms with van der Waals surface area (Å²) in [5.41, 5.74) is 0.983. The minimum atomic E-state index is 0.251. The third kappa shape index (κ3) is 3.24. The summed E-state index contributed by atoms with van der Waals surface area (Å²) < 4.78 is 0.972. The number of hydrogen-bond acceptors (Lipinski definition) is 3. The van der Waals surface area contributed by atoms with Crippen LogP contribution >= 0.6 is 27.5 Å². The van der Waals surface area contributed by atoms with E-state index in [2.05, 4.69) is 26.1 Å². The van der Waals surface area contributed by atoms with Crippen LogP contribution in [0.2, 0.25) is 5.02 Å². The maximum absolute atomic E-state index is 10.5. The van der Waals surface area contributed by atoms with Gasteiger partial charge in [0.1, 0.15) is 5.75 Å². The number of phenols is 1. The monoisotopic (exact) mass is 372 g/mol. The first kappa shape index (κ1) is 15.6. The number of piperazine rings is 1. The van der Waals surface area contributed by atoms with Crippen molar-refractivity contribution >= 4 is 27.5 Å². The first-order valence-corrected chi connectivity index (χ1v) is 8.97. The molecule has 1 saturated carbocycles. The van der Waals surface area contributed by atoms with E-state index in [1.54, 1.807) is 6.07 Å². The third-order valence-electron chi connectivity index (χ3n) is 4.80. The summed E-state index contributed by atoms with van der Waals surface area (Å²) >= 11 is 9.81. The number of rotatable bonds is 3. The van der Waals surface area contributed by atoms with Gasteiger partial charge in [-0.2, -0.15) is 0 Å². The molecular weight excluding hydrogens is 352 g/mol. The zero-order valence-corrected chi connectivity index (χ0v) is 14.5. The van der Waals surface area contributed by atoms with Crippen LogP contribution in [0.15, 0.2) is 16.6 Å². The Kier molecular flexibility index (Phi) is 5.10. The van der Waals surface area contributed by atoms with Gasteiger partial charge < -0.3 is 10.4 Å². The van der Waals surface area contributed by atoms with Gasteiger partial charge in [-0.25, -0.2) is 0 Å². The molecule has 1 saturated heterocycles. The van der Waals surface area contributed by atoms with Crippen LogP contribution in [0.4, 0.5) is 0 Å². The van der Waals surface area contributed by atoms with Gasteiger partial charge >= 0.3 is 0 Å². The molecule has 1 aromatic carbocycles. The molecule has 1 aliphatic carbocycles. The van der Waals surface area contributed by atoms with Gasteiger partial charge in [0.05, 0.1) is 5.02 Å². The number of phenolic OH excluding ortho intramolecular Hbond substituents is 1. The van der Waals surface area contributed by atoms with Crippen LogP contribution in [0.3, 0.4) is 0 Å². The van der Waals surface area contributed by atoms with Gasteiger partial charge in [0, 0.05) is 42.3 Å². The standard InChI is InChI=1S/C16H22BrClN2O/c17-12-5-6-13(18)16(21)14(12)15(11-3-1-2-4-11)20-9-7-19-8-10-20/h5-6,11,15,19,21H,1-4,7-10H2/t15-/m0/s1. The minimum absolute atomic E-state index is 0.251. The Balaban J connectivity index is 1.99. The van der Waals surface area contributed by atoms with E-state index in [9.17, 15) is 5.11 Å². The molecule has 3 nitrogen and oxygen atoms in total. The van der Waals surface area contributed by atoms with Crippen LogP contribution in [0.5, 0.6) is 5.75 Å². The van der Waals surface area contributed by atoms with Crippen LogP contribution < -0.4 is 5.32 Å². The molecule has 0 bridgehead atoms. The fourth-order valence-corrected chi connectivity index (χ4v) is 4.51. The first-order chi connectivity index (χ1) is 10.2. The summed E-state index contributed by atoms with van der Waals surface area (Å²) in [5, 5.41) is 14.4. The van der Waals surface area contributed by atoms with Crippen molar-refractivity contribution in [1.82, 2.24) is 10.2 Å². The molecule has 3 rings (SSSR count). The van der Waals surface area contributed by atoms with Gasteiger partial charge in [-0.15, -0.1) is 0 Å². The first-order valence-electron chi connectivity index (χ1n) is 7.80. The Morgan fingerprint density at radius 1 is 1.24 bits per heavy atom. The van der Waals surface area contributed by atoms with Crippen molar-refractivity contribution in [2.45, 2.75) is 31.7 Å². The van der Waals surface area contributed by atoms with Gasteiger partial charge in [-0.1, -0.05) is 40.4 Å². The molecule has 0 aromatic heterocycles. The van der Waals surface area contributed by atoms with E-state index in [1.807, 2.05) is 6.07 Å². The van der Waals surface area contributed by atoms with E-state index in [0.29, 0.717) is 10.9 Å². The summed E-state index contributed by atoms with van der Waals surface area (Å²) in [5.74, 6) is 0.866. The lowest BCUT2D eigenvalue weighted by Gasteiger charge is -2.39. The van der Waals surface area contributed by atoms with Gasteiger partial charge in [-0.3, -0.25) is 4.90 Å². The molecule has 1 aromatic rings. The van der Waals surface area contributed by atoms with Crippen LogP contribution in [0, 0.1) is 5.92 Å². The van der Waals surface area contributed by atoms with Crippen molar-refractivity contribution in [3.8, 4) is 5.75 Å². The van der Waals surface area contributed by atoms with Gasteiger partial charge in [0.2, 0.25) is 0 Å². The van der Waals surface area contributed by atoms with Crippen molar-refractivity contribution in [2.75, 3.05) is 26.2 Å². The number of nitrogens with one attached hydrogen (secondary N) is 1. The molecule has 1 heterocycles. The highest BCUT2D eigenvalue weighted by atomic mass is 79.9. The quantitative estimate of drug-likeness (QED) is 0.842. The fraction of sp³-hybridized carbons (Fsp3) is 0.625. The summed E-state index contributed by atoms with van der Waals surface area (Å²) in [6.07, 6.45) is 5.08. The molecule has 21 heavy (non-hydrogen) atoms. The predicted octanol–water partition coefficient (Wildman–Crippen LogP) is 3.94. The molecule has 1 atom stereocenters. The van der Waals surface area contributed by atoms with Crippen LogP contribution in [0.1, 0.15) is 37.3 Å². The van der Waals surface area contributed by atoms with Gasteiger partial charge in [0.25, 0.3) is 0 Å². The van der Waals surface area contributed by atoms with Crippen LogP contribution in [0.25, 0.3) is 0 Å². The predicted molar refractivity (Wildman–Crippen MR) is 90.0 cm³/mol. The largest absolute Gasteiger partial charge is 0.506 e. The highest BCUT2D eigenvalue weighted by molar-refractivity contribution is 9.10.